The van der Waals surface area contributed by atoms with Crippen LogP contribution < -0.4 is 10.6 Å². The number of benzene rings is 1. The SMILES string of the molecule is CCNC(=NCc1ccc(C)c(F)c1)NCCN1C(=O)C2C3C=CC(C3)C2C1=O. The van der Waals surface area contributed by atoms with Gasteiger partial charge < -0.3 is 10.6 Å². The predicted octanol–water partition coefficient (Wildman–Crippen LogP) is 2.00. The van der Waals surface area contributed by atoms with Gasteiger partial charge in [-0.15, -0.1) is 0 Å². The van der Waals surface area contributed by atoms with E-state index in [-0.39, 0.29) is 41.3 Å². The van der Waals surface area contributed by atoms with E-state index in [1.807, 2.05) is 13.0 Å². The minimum absolute atomic E-state index is 0.0317. The molecule has 2 fully saturated rings. The fourth-order valence-corrected chi connectivity index (χ4v) is 4.72. The van der Waals surface area contributed by atoms with Crippen LogP contribution in [0.25, 0.3) is 0 Å². The fraction of sp³-hybridized carbons (Fsp3) is 0.500. The molecule has 2 amide bonds. The summed E-state index contributed by atoms with van der Waals surface area (Å²) < 4.78 is 13.7. The van der Waals surface area contributed by atoms with Gasteiger partial charge in [0, 0.05) is 19.6 Å². The molecule has 1 aromatic rings. The lowest BCUT2D eigenvalue weighted by Crippen LogP contribution is -2.43. The number of aryl methyl sites for hydroxylation is 1. The van der Waals surface area contributed by atoms with Gasteiger partial charge in [-0.05, 0) is 49.3 Å². The molecule has 4 rings (SSSR count). The fourth-order valence-electron chi connectivity index (χ4n) is 4.72. The van der Waals surface area contributed by atoms with E-state index in [1.165, 1.54) is 11.0 Å². The molecular weight excluding hydrogens is 371 g/mol. The van der Waals surface area contributed by atoms with Crippen molar-refractivity contribution in [3.63, 3.8) is 0 Å². The lowest BCUT2D eigenvalue weighted by molar-refractivity contribution is -0.140. The summed E-state index contributed by atoms with van der Waals surface area (Å²) in [4.78, 5) is 31.3. The highest BCUT2D eigenvalue weighted by Gasteiger charge is 2.58. The summed E-state index contributed by atoms with van der Waals surface area (Å²) in [6.07, 6.45) is 5.14. The average Bonchev–Trinajstić information content (AvgIpc) is 3.38. The maximum atomic E-state index is 13.7. The Labute approximate surface area is 170 Å². The summed E-state index contributed by atoms with van der Waals surface area (Å²) in [7, 11) is 0. The molecule has 0 aromatic heterocycles. The Balaban J connectivity index is 1.33. The second-order valence-electron chi connectivity index (χ2n) is 8.03. The van der Waals surface area contributed by atoms with Crippen LogP contribution in [0.4, 0.5) is 4.39 Å². The number of carbonyl (C=O) groups is 2. The van der Waals surface area contributed by atoms with Crippen molar-refractivity contribution in [2.75, 3.05) is 19.6 Å². The number of guanidine groups is 1. The predicted molar refractivity (Wildman–Crippen MR) is 108 cm³/mol. The van der Waals surface area contributed by atoms with E-state index >= 15 is 0 Å². The van der Waals surface area contributed by atoms with Crippen LogP contribution in [0.5, 0.6) is 0 Å². The molecule has 4 atom stereocenters. The summed E-state index contributed by atoms with van der Waals surface area (Å²) >= 11 is 0. The van der Waals surface area contributed by atoms with Gasteiger partial charge in [0.2, 0.25) is 11.8 Å². The van der Waals surface area contributed by atoms with Crippen molar-refractivity contribution in [1.82, 2.24) is 15.5 Å². The van der Waals surface area contributed by atoms with Gasteiger partial charge in [-0.1, -0.05) is 24.3 Å². The number of carbonyl (C=O) groups excluding carboxylic acids is 2. The standard InChI is InChI=1S/C22H27FN4O2/c1-3-24-22(26-12-14-5-4-13(2)17(23)10-14)25-8-9-27-20(28)18-15-6-7-16(11-15)19(18)21(27)29/h4-7,10,15-16,18-19H,3,8-9,11-12H2,1-2H3,(H2,24,25,26). The molecule has 29 heavy (non-hydrogen) atoms. The third kappa shape index (κ3) is 3.66. The Morgan fingerprint density at radius 3 is 2.48 bits per heavy atom. The van der Waals surface area contributed by atoms with E-state index in [0.717, 1.165) is 12.0 Å². The third-order valence-corrected chi connectivity index (χ3v) is 6.19. The number of hydrogen-bond donors (Lipinski definition) is 2. The maximum absolute atomic E-state index is 13.7. The van der Waals surface area contributed by atoms with Crippen molar-refractivity contribution in [2.45, 2.75) is 26.8 Å². The largest absolute Gasteiger partial charge is 0.357 e. The number of amides is 2. The molecule has 2 aliphatic carbocycles. The zero-order chi connectivity index (χ0) is 20.5. The first-order valence-electron chi connectivity index (χ1n) is 10.3. The Kier molecular flexibility index (Phi) is 5.39. The zero-order valence-corrected chi connectivity index (χ0v) is 16.8. The summed E-state index contributed by atoms with van der Waals surface area (Å²) in [5.41, 5.74) is 1.39. The molecule has 3 aliphatic rings. The molecule has 6 nitrogen and oxygen atoms in total. The highest BCUT2D eigenvalue weighted by Crippen LogP contribution is 2.52. The lowest BCUT2D eigenvalue weighted by Gasteiger charge is -2.18. The van der Waals surface area contributed by atoms with Crippen molar-refractivity contribution >= 4 is 17.8 Å². The van der Waals surface area contributed by atoms with Crippen molar-refractivity contribution in [2.24, 2.45) is 28.7 Å². The molecule has 0 spiro atoms. The van der Waals surface area contributed by atoms with Gasteiger partial charge in [0.1, 0.15) is 5.82 Å². The van der Waals surface area contributed by atoms with Crippen LogP contribution in [0.15, 0.2) is 35.3 Å². The molecule has 0 radical (unpaired) electrons. The summed E-state index contributed by atoms with van der Waals surface area (Å²) in [5.74, 6) is 0.421. The molecular formula is C22H27FN4O2. The number of hydrogen-bond acceptors (Lipinski definition) is 3. The summed E-state index contributed by atoms with van der Waals surface area (Å²) in [6.45, 7) is 5.45. The Bertz CT molecular complexity index is 852. The molecule has 2 bridgehead atoms. The van der Waals surface area contributed by atoms with Gasteiger partial charge in [0.25, 0.3) is 0 Å². The number of nitrogens with one attached hydrogen (secondary N) is 2. The number of halogens is 1. The monoisotopic (exact) mass is 398 g/mol. The van der Waals surface area contributed by atoms with Crippen LogP contribution in [-0.4, -0.2) is 42.3 Å². The van der Waals surface area contributed by atoms with E-state index in [9.17, 15) is 14.0 Å². The first kappa shape index (κ1) is 19.6. The van der Waals surface area contributed by atoms with Gasteiger partial charge >= 0.3 is 0 Å². The van der Waals surface area contributed by atoms with E-state index in [2.05, 4.69) is 27.8 Å². The maximum Gasteiger partial charge on any atom is 0.233 e. The number of likely N-dealkylation sites (tertiary alicyclic amines) is 1. The minimum atomic E-state index is -0.240. The molecule has 1 saturated heterocycles. The van der Waals surface area contributed by atoms with E-state index in [1.54, 1.807) is 13.0 Å². The minimum Gasteiger partial charge on any atom is -0.357 e. The topological polar surface area (TPSA) is 73.8 Å². The van der Waals surface area contributed by atoms with Crippen LogP contribution in [0, 0.1) is 36.4 Å². The molecule has 154 valence electrons. The van der Waals surface area contributed by atoms with Gasteiger partial charge in [-0.25, -0.2) is 9.38 Å². The number of aliphatic imine (C=N–C) groups is 1. The molecule has 4 unspecified atom stereocenters. The number of rotatable bonds is 6. The molecule has 2 N–H and O–H groups in total. The van der Waals surface area contributed by atoms with Crippen molar-refractivity contribution in [3.8, 4) is 0 Å². The van der Waals surface area contributed by atoms with E-state index in [0.29, 0.717) is 37.7 Å². The lowest BCUT2D eigenvalue weighted by atomic mass is 9.85. The first-order chi connectivity index (χ1) is 14.0. The van der Waals surface area contributed by atoms with E-state index in [4.69, 9.17) is 0 Å². The molecule has 1 aliphatic heterocycles. The summed E-state index contributed by atoms with van der Waals surface area (Å²) in [6, 6.07) is 5.09. The molecule has 1 saturated carbocycles. The molecule has 1 aromatic carbocycles. The van der Waals surface area contributed by atoms with Gasteiger partial charge in [0.15, 0.2) is 5.96 Å². The van der Waals surface area contributed by atoms with Gasteiger partial charge in [-0.2, -0.15) is 0 Å². The van der Waals surface area contributed by atoms with Crippen molar-refractivity contribution in [1.29, 1.82) is 0 Å². The van der Waals surface area contributed by atoms with Crippen LogP contribution in [-0.2, 0) is 16.1 Å². The summed E-state index contributed by atoms with van der Waals surface area (Å²) in [5, 5.41) is 6.31. The normalized spacial score (nSPS) is 27.7. The second-order valence-corrected chi connectivity index (χ2v) is 8.03. The number of imide groups is 1. The molecule has 7 heteroatoms. The highest BCUT2D eigenvalue weighted by atomic mass is 19.1. The second kappa shape index (κ2) is 7.97. The smallest absolute Gasteiger partial charge is 0.233 e. The number of fused-ring (bicyclic) bond motifs is 5. The first-order valence-corrected chi connectivity index (χ1v) is 10.3. The Morgan fingerprint density at radius 1 is 1.17 bits per heavy atom. The van der Waals surface area contributed by atoms with Crippen molar-refractivity contribution < 1.29 is 14.0 Å². The van der Waals surface area contributed by atoms with E-state index < -0.39 is 0 Å². The highest BCUT2D eigenvalue weighted by molar-refractivity contribution is 6.06. The zero-order valence-electron chi connectivity index (χ0n) is 16.8. The van der Waals surface area contributed by atoms with Crippen LogP contribution in [0.2, 0.25) is 0 Å². The quantitative estimate of drug-likeness (QED) is 0.333. The van der Waals surface area contributed by atoms with Crippen molar-refractivity contribution in [3.05, 3.63) is 47.3 Å². The van der Waals surface area contributed by atoms with Crippen LogP contribution >= 0.6 is 0 Å². The number of allylic oxidation sites excluding steroid dienone is 2. The van der Waals surface area contributed by atoms with Crippen LogP contribution in [0.3, 0.4) is 0 Å². The third-order valence-electron chi connectivity index (χ3n) is 6.19. The van der Waals surface area contributed by atoms with Gasteiger partial charge in [0.05, 0.1) is 18.4 Å². The number of nitrogens with zero attached hydrogens (tertiary/aromatic N) is 2. The van der Waals surface area contributed by atoms with Gasteiger partial charge in [-0.3, -0.25) is 14.5 Å². The molecule has 1 heterocycles. The average molecular weight is 398 g/mol. The Morgan fingerprint density at radius 2 is 1.86 bits per heavy atom. The Hall–Kier alpha value is -2.70. The van der Waals surface area contributed by atoms with Crippen LogP contribution in [0.1, 0.15) is 24.5 Å².